The van der Waals surface area contributed by atoms with Gasteiger partial charge in [0.2, 0.25) is 12.7 Å². The van der Waals surface area contributed by atoms with Gasteiger partial charge in [-0.2, -0.15) is 0 Å². The maximum atomic E-state index is 13.6. The summed E-state index contributed by atoms with van der Waals surface area (Å²) in [7, 11) is 0. The third-order valence-electron chi connectivity index (χ3n) is 6.15. The molecule has 7 nitrogen and oxygen atoms in total. The predicted molar refractivity (Wildman–Crippen MR) is 133 cm³/mol. The topological polar surface area (TPSA) is 68.3 Å². The van der Waals surface area contributed by atoms with Gasteiger partial charge in [-0.15, -0.1) is 17.9 Å². The summed E-state index contributed by atoms with van der Waals surface area (Å²) in [5.41, 5.74) is 1.55. The van der Waals surface area contributed by atoms with E-state index >= 15 is 0 Å². The van der Waals surface area contributed by atoms with E-state index in [1.165, 1.54) is 9.78 Å². The van der Waals surface area contributed by atoms with Gasteiger partial charge in [0.1, 0.15) is 18.9 Å². The van der Waals surface area contributed by atoms with E-state index in [1.807, 2.05) is 35.2 Å². The standard InChI is InChI=1S/C27H26N2O5S/c1-2-12-28(27(31)19-8-9-23-24(15-19)34-18-33-23)16-26(30)29-13-10-25-21(11-14-35-25)22(29)17-32-20-6-4-3-5-7-20/h2-9,11,14-15,22H,1,10,12-13,16-18H2. The first-order valence-corrected chi connectivity index (χ1v) is 12.4. The van der Waals surface area contributed by atoms with E-state index in [-0.39, 0.29) is 37.7 Å². The fraction of sp³-hybridized carbons (Fsp3) is 0.259. The van der Waals surface area contributed by atoms with Crippen molar-refractivity contribution < 1.29 is 23.8 Å². The minimum atomic E-state index is -0.262. The van der Waals surface area contributed by atoms with E-state index < -0.39 is 0 Å². The van der Waals surface area contributed by atoms with Gasteiger partial charge in [-0.1, -0.05) is 24.3 Å². The van der Waals surface area contributed by atoms with Gasteiger partial charge in [0, 0.05) is 23.5 Å². The van der Waals surface area contributed by atoms with E-state index in [0.717, 1.165) is 17.7 Å². The van der Waals surface area contributed by atoms with Crippen LogP contribution in [0.15, 0.2) is 72.6 Å². The molecule has 2 amide bonds. The lowest BCUT2D eigenvalue weighted by molar-refractivity contribution is -0.135. The molecule has 0 spiro atoms. The molecule has 1 unspecified atom stereocenters. The van der Waals surface area contributed by atoms with Crippen molar-refractivity contribution in [2.75, 3.05) is 33.0 Å². The number of nitrogens with zero attached hydrogens (tertiary/aromatic N) is 2. The van der Waals surface area contributed by atoms with Crippen molar-refractivity contribution in [3.8, 4) is 17.2 Å². The number of hydrogen-bond donors (Lipinski definition) is 0. The Balaban J connectivity index is 1.33. The van der Waals surface area contributed by atoms with Gasteiger partial charge >= 0.3 is 0 Å². The number of carbonyl (C=O) groups is 2. The molecule has 0 N–H and O–H groups in total. The molecule has 0 aliphatic carbocycles. The van der Waals surface area contributed by atoms with E-state index in [9.17, 15) is 9.59 Å². The Morgan fingerprint density at radius 1 is 1.14 bits per heavy atom. The van der Waals surface area contributed by atoms with Gasteiger partial charge in [0.15, 0.2) is 11.5 Å². The van der Waals surface area contributed by atoms with Gasteiger partial charge in [-0.25, -0.2) is 0 Å². The molecule has 180 valence electrons. The summed E-state index contributed by atoms with van der Waals surface area (Å²) < 4.78 is 16.8. The van der Waals surface area contributed by atoms with Gasteiger partial charge in [0.25, 0.3) is 5.91 Å². The Labute approximate surface area is 208 Å². The number of fused-ring (bicyclic) bond motifs is 2. The summed E-state index contributed by atoms with van der Waals surface area (Å²) in [6, 6.07) is 16.5. The second-order valence-electron chi connectivity index (χ2n) is 8.32. The van der Waals surface area contributed by atoms with E-state index in [1.54, 1.807) is 35.6 Å². The zero-order chi connectivity index (χ0) is 24.2. The SMILES string of the molecule is C=CCN(CC(=O)N1CCc2sccc2C1COc1ccccc1)C(=O)c1ccc2c(c1)OCO2. The molecule has 35 heavy (non-hydrogen) atoms. The molecule has 3 aromatic rings. The Kier molecular flexibility index (Phi) is 6.72. The van der Waals surface area contributed by atoms with Crippen molar-refractivity contribution in [2.45, 2.75) is 12.5 Å². The van der Waals surface area contributed by atoms with Gasteiger partial charge in [-0.05, 0) is 53.8 Å². The molecule has 0 saturated heterocycles. The summed E-state index contributed by atoms with van der Waals surface area (Å²) >= 11 is 1.71. The fourth-order valence-corrected chi connectivity index (χ4v) is 5.34. The Morgan fingerprint density at radius 3 is 2.80 bits per heavy atom. The molecule has 0 fully saturated rings. The zero-order valence-electron chi connectivity index (χ0n) is 19.2. The smallest absolute Gasteiger partial charge is 0.254 e. The molecule has 0 bridgehead atoms. The summed E-state index contributed by atoms with van der Waals surface area (Å²) in [4.78, 5) is 31.5. The predicted octanol–water partition coefficient (Wildman–Crippen LogP) is 4.31. The van der Waals surface area contributed by atoms with Crippen LogP contribution in [0.5, 0.6) is 17.2 Å². The van der Waals surface area contributed by atoms with Crippen molar-refractivity contribution in [2.24, 2.45) is 0 Å². The molecule has 5 rings (SSSR count). The maximum absolute atomic E-state index is 13.6. The number of hydrogen-bond acceptors (Lipinski definition) is 6. The van der Waals surface area contributed by atoms with Crippen LogP contribution in [0, 0.1) is 0 Å². The minimum Gasteiger partial charge on any atom is -0.491 e. The highest BCUT2D eigenvalue weighted by Crippen LogP contribution is 2.35. The van der Waals surface area contributed by atoms with Crippen LogP contribution in [-0.2, 0) is 11.2 Å². The fourth-order valence-electron chi connectivity index (χ4n) is 4.41. The summed E-state index contributed by atoms with van der Waals surface area (Å²) in [6.45, 7) is 5.03. The van der Waals surface area contributed by atoms with Gasteiger partial charge in [0.05, 0.1) is 6.04 Å². The van der Waals surface area contributed by atoms with E-state index in [2.05, 4.69) is 18.0 Å². The van der Waals surface area contributed by atoms with Crippen molar-refractivity contribution in [3.05, 3.63) is 88.6 Å². The Morgan fingerprint density at radius 2 is 1.97 bits per heavy atom. The Hall–Kier alpha value is -3.78. The van der Waals surface area contributed by atoms with Crippen molar-refractivity contribution in [1.29, 1.82) is 0 Å². The molecular formula is C27H26N2O5S. The molecule has 8 heteroatoms. The monoisotopic (exact) mass is 490 g/mol. The second kappa shape index (κ2) is 10.2. The highest BCUT2D eigenvalue weighted by Gasteiger charge is 2.33. The average Bonchev–Trinajstić information content (AvgIpc) is 3.56. The molecule has 3 heterocycles. The van der Waals surface area contributed by atoms with Crippen LogP contribution in [0.3, 0.4) is 0 Å². The highest BCUT2D eigenvalue weighted by molar-refractivity contribution is 7.10. The third-order valence-corrected chi connectivity index (χ3v) is 7.15. The lowest BCUT2D eigenvalue weighted by Gasteiger charge is -2.37. The molecule has 2 aromatic carbocycles. The largest absolute Gasteiger partial charge is 0.491 e. The molecule has 2 aliphatic heterocycles. The van der Waals surface area contributed by atoms with Crippen LogP contribution in [0.1, 0.15) is 26.8 Å². The number of ether oxygens (including phenoxy) is 3. The minimum absolute atomic E-state index is 0.0550. The zero-order valence-corrected chi connectivity index (χ0v) is 20.0. The number of rotatable bonds is 8. The molecule has 2 aliphatic rings. The number of thiophene rings is 1. The number of benzene rings is 2. The van der Waals surface area contributed by atoms with Gasteiger partial charge in [-0.3, -0.25) is 9.59 Å². The molecule has 1 aromatic heterocycles. The third kappa shape index (κ3) is 4.88. The number of para-hydroxylation sites is 1. The van der Waals surface area contributed by atoms with E-state index in [0.29, 0.717) is 30.2 Å². The Bertz CT molecular complexity index is 1230. The summed E-state index contributed by atoms with van der Waals surface area (Å²) in [5, 5.41) is 2.06. The summed E-state index contributed by atoms with van der Waals surface area (Å²) in [5.74, 6) is 1.50. The first-order valence-electron chi connectivity index (χ1n) is 11.5. The van der Waals surface area contributed by atoms with Crippen LogP contribution < -0.4 is 14.2 Å². The molecular weight excluding hydrogens is 464 g/mol. The molecule has 1 atom stereocenters. The maximum Gasteiger partial charge on any atom is 0.254 e. The first-order chi connectivity index (χ1) is 17.1. The number of amides is 2. The quantitative estimate of drug-likeness (QED) is 0.440. The number of carbonyl (C=O) groups excluding carboxylic acids is 2. The van der Waals surface area contributed by atoms with Crippen LogP contribution >= 0.6 is 11.3 Å². The lowest BCUT2D eigenvalue weighted by atomic mass is 10.0. The van der Waals surface area contributed by atoms with Crippen LogP contribution in [0.4, 0.5) is 0 Å². The van der Waals surface area contributed by atoms with Crippen molar-refractivity contribution in [1.82, 2.24) is 9.80 Å². The van der Waals surface area contributed by atoms with Gasteiger partial charge < -0.3 is 24.0 Å². The van der Waals surface area contributed by atoms with Crippen LogP contribution in [0.25, 0.3) is 0 Å². The van der Waals surface area contributed by atoms with Crippen LogP contribution in [-0.4, -0.2) is 54.6 Å². The lowest BCUT2D eigenvalue weighted by Crippen LogP contribution is -2.47. The van der Waals surface area contributed by atoms with Crippen molar-refractivity contribution >= 4 is 23.2 Å². The van der Waals surface area contributed by atoms with E-state index in [4.69, 9.17) is 14.2 Å². The highest BCUT2D eigenvalue weighted by atomic mass is 32.1. The first kappa shape index (κ1) is 23.0. The van der Waals surface area contributed by atoms with Crippen LogP contribution in [0.2, 0.25) is 0 Å². The average molecular weight is 491 g/mol. The summed E-state index contributed by atoms with van der Waals surface area (Å²) in [6.07, 6.45) is 2.42. The molecule has 0 radical (unpaired) electrons. The van der Waals surface area contributed by atoms with Crippen molar-refractivity contribution in [3.63, 3.8) is 0 Å². The normalized spacial score (nSPS) is 15.9. The second-order valence-corrected chi connectivity index (χ2v) is 9.32. The molecule has 0 saturated carbocycles.